The highest BCUT2D eigenvalue weighted by molar-refractivity contribution is 5.45. The number of nitrogens with zero attached hydrogens (tertiary/aromatic N) is 2. The predicted octanol–water partition coefficient (Wildman–Crippen LogP) is 2.78. The molecule has 21 heavy (non-hydrogen) atoms. The van der Waals surface area contributed by atoms with Crippen molar-refractivity contribution in [1.82, 2.24) is 14.9 Å². The fourth-order valence-corrected chi connectivity index (χ4v) is 2.85. The Morgan fingerprint density at radius 1 is 1.38 bits per heavy atom. The minimum atomic E-state index is -0.0696. The molecule has 1 N–H and O–H groups in total. The van der Waals surface area contributed by atoms with Crippen molar-refractivity contribution in [2.45, 2.75) is 45.4 Å². The molecule has 1 aromatic heterocycles. The number of fused-ring (bicyclic) bond motifs is 1. The van der Waals surface area contributed by atoms with E-state index in [1.165, 1.54) is 11.1 Å². The second-order valence-corrected chi connectivity index (χ2v) is 6.27. The third kappa shape index (κ3) is 3.45. The molecule has 4 heteroatoms. The summed E-state index contributed by atoms with van der Waals surface area (Å²) in [6.45, 7) is 7.16. The third-order valence-corrected chi connectivity index (χ3v) is 3.82. The number of aromatic nitrogens is 2. The topological polar surface area (TPSA) is 39.1 Å². The van der Waals surface area contributed by atoms with E-state index in [4.69, 9.17) is 4.74 Å². The molecule has 0 saturated heterocycles. The molecule has 4 nitrogen and oxygen atoms in total. The first-order chi connectivity index (χ1) is 10.1. The van der Waals surface area contributed by atoms with Gasteiger partial charge in [-0.2, -0.15) is 0 Å². The Labute approximate surface area is 126 Å². The van der Waals surface area contributed by atoms with Gasteiger partial charge in [0.1, 0.15) is 11.4 Å². The number of nitrogens with one attached hydrogen (secondary N) is 1. The standard InChI is InChI=1S/C17H23N3O/c1-17(2)11-14-5-3-6-15(16(14)21-17)12-18-7-4-9-20-10-8-19-13-20/h3,5-6,8,10,13,18H,4,7,9,11-12H2,1-2H3. The van der Waals surface area contributed by atoms with Crippen molar-refractivity contribution >= 4 is 0 Å². The Kier molecular flexibility index (Phi) is 3.97. The second-order valence-electron chi connectivity index (χ2n) is 6.27. The average molecular weight is 285 g/mol. The Hall–Kier alpha value is -1.81. The highest BCUT2D eigenvalue weighted by atomic mass is 16.5. The van der Waals surface area contributed by atoms with E-state index >= 15 is 0 Å². The van der Waals surface area contributed by atoms with Gasteiger partial charge in [-0.3, -0.25) is 0 Å². The van der Waals surface area contributed by atoms with E-state index in [0.717, 1.165) is 38.2 Å². The van der Waals surface area contributed by atoms with Crippen molar-refractivity contribution in [1.29, 1.82) is 0 Å². The quantitative estimate of drug-likeness (QED) is 0.830. The van der Waals surface area contributed by atoms with Gasteiger partial charge in [0.2, 0.25) is 0 Å². The zero-order chi connectivity index (χ0) is 14.7. The van der Waals surface area contributed by atoms with Gasteiger partial charge in [-0.15, -0.1) is 0 Å². The summed E-state index contributed by atoms with van der Waals surface area (Å²) in [6, 6.07) is 6.46. The van der Waals surface area contributed by atoms with Gasteiger partial charge in [0, 0.05) is 37.5 Å². The first-order valence-electron chi connectivity index (χ1n) is 7.60. The zero-order valence-corrected chi connectivity index (χ0v) is 12.8. The molecule has 0 spiro atoms. The van der Waals surface area contributed by atoms with Gasteiger partial charge >= 0.3 is 0 Å². The van der Waals surface area contributed by atoms with Crippen LogP contribution in [0.25, 0.3) is 0 Å². The third-order valence-electron chi connectivity index (χ3n) is 3.82. The lowest BCUT2D eigenvalue weighted by Crippen LogP contribution is -2.25. The van der Waals surface area contributed by atoms with Crippen LogP contribution in [0.3, 0.4) is 0 Å². The molecule has 1 aliphatic rings. The molecule has 112 valence electrons. The van der Waals surface area contributed by atoms with Crippen LogP contribution < -0.4 is 10.1 Å². The second kappa shape index (κ2) is 5.90. The Balaban J connectivity index is 1.49. The van der Waals surface area contributed by atoms with Crippen LogP contribution in [0.2, 0.25) is 0 Å². The molecule has 1 aliphatic heterocycles. The molecule has 0 saturated carbocycles. The van der Waals surface area contributed by atoms with Crippen molar-refractivity contribution in [3.05, 3.63) is 48.0 Å². The number of imidazole rings is 1. The molecule has 3 rings (SSSR count). The van der Waals surface area contributed by atoms with Gasteiger partial charge in [0.25, 0.3) is 0 Å². The van der Waals surface area contributed by atoms with Gasteiger partial charge in [0.15, 0.2) is 0 Å². The lowest BCUT2D eigenvalue weighted by Gasteiger charge is -2.18. The molecule has 0 radical (unpaired) electrons. The molecule has 1 aromatic carbocycles. The summed E-state index contributed by atoms with van der Waals surface area (Å²) in [4.78, 5) is 4.05. The van der Waals surface area contributed by atoms with Crippen LogP contribution in [0.5, 0.6) is 5.75 Å². The van der Waals surface area contributed by atoms with E-state index in [0.29, 0.717) is 0 Å². The number of benzene rings is 1. The molecular weight excluding hydrogens is 262 g/mol. The fourth-order valence-electron chi connectivity index (χ4n) is 2.85. The summed E-state index contributed by atoms with van der Waals surface area (Å²) >= 11 is 0. The zero-order valence-electron chi connectivity index (χ0n) is 12.8. The monoisotopic (exact) mass is 285 g/mol. The highest BCUT2D eigenvalue weighted by Gasteiger charge is 2.31. The van der Waals surface area contributed by atoms with Crippen LogP contribution in [-0.4, -0.2) is 21.7 Å². The molecule has 0 bridgehead atoms. The first kappa shape index (κ1) is 14.1. The molecule has 0 atom stereocenters. The Morgan fingerprint density at radius 2 is 2.29 bits per heavy atom. The maximum Gasteiger partial charge on any atom is 0.127 e. The number of ether oxygens (including phenoxy) is 1. The molecule has 0 amide bonds. The highest BCUT2D eigenvalue weighted by Crippen LogP contribution is 2.37. The summed E-state index contributed by atoms with van der Waals surface area (Å²) in [5.41, 5.74) is 2.53. The van der Waals surface area contributed by atoms with E-state index in [1.54, 1.807) is 0 Å². The number of hydrogen-bond donors (Lipinski definition) is 1. The Morgan fingerprint density at radius 3 is 3.10 bits per heavy atom. The number of rotatable bonds is 6. The smallest absolute Gasteiger partial charge is 0.127 e. The fraction of sp³-hybridized carbons (Fsp3) is 0.471. The maximum absolute atomic E-state index is 6.09. The van der Waals surface area contributed by atoms with Gasteiger partial charge in [-0.05, 0) is 32.4 Å². The van der Waals surface area contributed by atoms with Crippen LogP contribution >= 0.6 is 0 Å². The van der Waals surface area contributed by atoms with Gasteiger partial charge in [-0.1, -0.05) is 18.2 Å². The van der Waals surface area contributed by atoms with E-state index in [1.807, 2.05) is 18.7 Å². The summed E-state index contributed by atoms with van der Waals surface area (Å²) in [5.74, 6) is 1.09. The summed E-state index contributed by atoms with van der Waals surface area (Å²) < 4.78 is 8.19. The molecule has 0 aliphatic carbocycles. The molecule has 2 heterocycles. The van der Waals surface area contributed by atoms with Crippen molar-refractivity contribution < 1.29 is 4.74 Å². The largest absolute Gasteiger partial charge is 0.487 e. The van der Waals surface area contributed by atoms with E-state index in [-0.39, 0.29) is 5.60 Å². The SMILES string of the molecule is CC1(C)Cc2cccc(CNCCCn3ccnc3)c2O1. The number of hydrogen-bond acceptors (Lipinski definition) is 3. The van der Waals surface area contributed by atoms with Crippen molar-refractivity contribution in [3.8, 4) is 5.75 Å². The molecule has 0 unspecified atom stereocenters. The predicted molar refractivity (Wildman–Crippen MR) is 83.4 cm³/mol. The van der Waals surface area contributed by atoms with Crippen molar-refractivity contribution in [2.24, 2.45) is 0 Å². The van der Waals surface area contributed by atoms with Crippen molar-refractivity contribution in [2.75, 3.05) is 6.54 Å². The molecule has 2 aromatic rings. The van der Waals surface area contributed by atoms with Gasteiger partial charge < -0.3 is 14.6 Å². The van der Waals surface area contributed by atoms with Crippen LogP contribution in [0.1, 0.15) is 31.4 Å². The van der Waals surface area contributed by atoms with Crippen LogP contribution in [-0.2, 0) is 19.5 Å². The molecular formula is C17H23N3O. The number of aryl methyl sites for hydroxylation is 1. The van der Waals surface area contributed by atoms with Crippen LogP contribution in [0.15, 0.2) is 36.9 Å². The number of para-hydroxylation sites is 1. The first-order valence-corrected chi connectivity index (χ1v) is 7.60. The lowest BCUT2D eigenvalue weighted by molar-refractivity contribution is 0.137. The lowest BCUT2D eigenvalue weighted by atomic mass is 10.0. The van der Waals surface area contributed by atoms with E-state index < -0.39 is 0 Å². The van der Waals surface area contributed by atoms with E-state index in [2.05, 4.69) is 46.9 Å². The van der Waals surface area contributed by atoms with Crippen LogP contribution in [0, 0.1) is 0 Å². The minimum Gasteiger partial charge on any atom is -0.487 e. The Bertz CT molecular complexity index is 590. The van der Waals surface area contributed by atoms with Gasteiger partial charge in [-0.25, -0.2) is 4.98 Å². The van der Waals surface area contributed by atoms with E-state index in [9.17, 15) is 0 Å². The average Bonchev–Trinajstić information content (AvgIpc) is 3.04. The maximum atomic E-state index is 6.09. The van der Waals surface area contributed by atoms with Crippen LogP contribution in [0.4, 0.5) is 0 Å². The summed E-state index contributed by atoms with van der Waals surface area (Å²) in [7, 11) is 0. The van der Waals surface area contributed by atoms with Gasteiger partial charge in [0.05, 0.1) is 6.33 Å². The normalized spacial score (nSPS) is 15.7. The minimum absolute atomic E-state index is 0.0696. The molecule has 0 fully saturated rings. The van der Waals surface area contributed by atoms with Crippen molar-refractivity contribution in [3.63, 3.8) is 0 Å². The summed E-state index contributed by atoms with van der Waals surface area (Å²) in [5, 5.41) is 3.51. The summed E-state index contributed by atoms with van der Waals surface area (Å²) in [6.07, 6.45) is 7.77.